The normalized spacial score (nSPS) is 14.9. The number of carbonyl (C=O) groups is 1. The van der Waals surface area contributed by atoms with Crippen molar-refractivity contribution in [1.29, 1.82) is 5.26 Å². The van der Waals surface area contributed by atoms with Gasteiger partial charge in [-0.1, -0.05) is 26.0 Å². The fraction of sp³-hybridized carbons (Fsp3) is 0.412. The number of amides is 1. The standard InChI is InChI=1S/C17H19N3O3/c1-12(2)15-6-5-13(10-16(15)20(22)23)9-14(11-18)17(21)19-7-3-4-8-19/h5-6,9-10,12H,3-4,7-8H2,1-2H3/b14-9+. The molecule has 1 aliphatic heterocycles. The average Bonchev–Trinajstić information content (AvgIpc) is 3.05. The lowest BCUT2D eigenvalue weighted by Crippen LogP contribution is -2.28. The Hall–Kier alpha value is -2.68. The minimum absolute atomic E-state index is 0.0125. The number of rotatable bonds is 4. The van der Waals surface area contributed by atoms with Gasteiger partial charge in [-0.3, -0.25) is 14.9 Å². The van der Waals surface area contributed by atoms with Crippen LogP contribution in [0.3, 0.4) is 0 Å². The summed E-state index contributed by atoms with van der Waals surface area (Å²) in [7, 11) is 0. The summed E-state index contributed by atoms with van der Waals surface area (Å²) in [6, 6.07) is 6.72. The Balaban J connectivity index is 2.36. The van der Waals surface area contributed by atoms with E-state index < -0.39 is 4.92 Å². The molecule has 1 heterocycles. The number of likely N-dealkylation sites (tertiary alicyclic amines) is 1. The van der Waals surface area contributed by atoms with Crippen LogP contribution in [-0.2, 0) is 4.79 Å². The molecule has 120 valence electrons. The number of hydrogen-bond donors (Lipinski definition) is 0. The summed E-state index contributed by atoms with van der Waals surface area (Å²) in [6.07, 6.45) is 3.32. The van der Waals surface area contributed by atoms with Crippen molar-refractivity contribution in [3.63, 3.8) is 0 Å². The number of nitro benzene ring substituents is 1. The van der Waals surface area contributed by atoms with Crippen molar-refractivity contribution < 1.29 is 9.72 Å². The van der Waals surface area contributed by atoms with E-state index in [9.17, 15) is 20.2 Å². The van der Waals surface area contributed by atoms with E-state index in [0.29, 0.717) is 24.2 Å². The maximum Gasteiger partial charge on any atom is 0.273 e. The van der Waals surface area contributed by atoms with Crippen molar-refractivity contribution in [3.8, 4) is 6.07 Å². The van der Waals surface area contributed by atoms with Crippen molar-refractivity contribution in [1.82, 2.24) is 4.90 Å². The van der Waals surface area contributed by atoms with Gasteiger partial charge in [-0.05, 0) is 30.4 Å². The fourth-order valence-electron chi connectivity index (χ4n) is 2.70. The molecule has 0 aromatic heterocycles. The molecule has 2 rings (SSSR count). The average molecular weight is 313 g/mol. The molecule has 1 fully saturated rings. The van der Waals surface area contributed by atoms with E-state index in [0.717, 1.165) is 12.8 Å². The molecule has 23 heavy (non-hydrogen) atoms. The first-order valence-electron chi connectivity index (χ1n) is 7.63. The molecule has 0 radical (unpaired) electrons. The van der Waals surface area contributed by atoms with Crippen LogP contribution in [0.4, 0.5) is 5.69 Å². The molecule has 6 nitrogen and oxygen atoms in total. The van der Waals surface area contributed by atoms with Gasteiger partial charge in [-0.2, -0.15) is 5.26 Å². The van der Waals surface area contributed by atoms with Crippen LogP contribution >= 0.6 is 0 Å². The molecule has 0 bridgehead atoms. The lowest BCUT2D eigenvalue weighted by molar-refractivity contribution is -0.385. The first-order valence-corrected chi connectivity index (χ1v) is 7.63. The molecule has 0 aliphatic carbocycles. The number of nitro groups is 1. The highest BCUT2D eigenvalue weighted by atomic mass is 16.6. The first kappa shape index (κ1) is 16.7. The summed E-state index contributed by atoms with van der Waals surface area (Å²) in [4.78, 5) is 24.7. The van der Waals surface area contributed by atoms with Crippen molar-refractivity contribution in [3.05, 3.63) is 45.0 Å². The highest BCUT2D eigenvalue weighted by molar-refractivity contribution is 6.01. The largest absolute Gasteiger partial charge is 0.338 e. The van der Waals surface area contributed by atoms with Crippen LogP contribution in [0, 0.1) is 21.4 Å². The van der Waals surface area contributed by atoms with E-state index in [1.165, 1.54) is 12.1 Å². The van der Waals surface area contributed by atoms with Gasteiger partial charge in [0.15, 0.2) is 0 Å². The van der Waals surface area contributed by atoms with Gasteiger partial charge in [0.2, 0.25) is 0 Å². The second-order valence-corrected chi connectivity index (χ2v) is 5.90. The molecule has 1 aromatic carbocycles. The second kappa shape index (κ2) is 7.05. The van der Waals surface area contributed by atoms with E-state index >= 15 is 0 Å². The molecule has 6 heteroatoms. The minimum atomic E-state index is -0.430. The quantitative estimate of drug-likeness (QED) is 0.369. The van der Waals surface area contributed by atoms with Gasteiger partial charge in [0.1, 0.15) is 11.6 Å². The Kier molecular flexibility index (Phi) is 5.12. The zero-order valence-electron chi connectivity index (χ0n) is 13.3. The summed E-state index contributed by atoms with van der Waals surface area (Å²) in [5, 5.41) is 20.5. The second-order valence-electron chi connectivity index (χ2n) is 5.90. The molecule has 1 aromatic rings. The Morgan fingerprint density at radius 2 is 2.04 bits per heavy atom. The summed E-state index contributed by atoms with van der Waals surface area (Å²) in [6.45, 7) is 5.08. The number of benzene rings is 1. The highest BCUT2D eigenvalue weighted by Crippen LogP contribution is 2.28. The number of hydrogen-bond acceptors (Lipinski definition) is 4. The van der Waals surface area contributed by atoms with Crippen molar-refractivity contribution in [2.24, 2.45) is 0 Å². The molecule has 1 aliphatic rings. The smallest absolute Gasteiger partial charge is 0.273 e. The van der Waals surface area contributed by atoms with Crippen molar-refractivity contribution in [2.45, 2.75) is 32.6 Å². The molecule has 0 spiro atoms. The number of nitriles is 1. The van der Waals surface area contributed by atoms with Crippen LogP contribution < -0.4 is 0 Å². The third-order valence-electron chi connectivity index (χ3n) is 3.93. The monoisotopic (exact) mass is 313 g/mol. The number of nitrogens with zero attached hydrogens (tertiary/aromatic N) is 3. The van der Waals surface area contributed by atoms with Crippen LogP contribution in [-0.4, -0.2) is 28.8 Å². The van der Waals surface area contributed by atoms with E-state index in [1.54, 1.807) is 17.0 Å². The Morgan fingerprint density at radius 3 is 2.57 bits per heavy atom. The molecule has 0 atom stereocenters. The third-order valence-corrected chi connectivity index (χ3v) is 3.93. The van der Waals surface area contributed by atoms with Crippen molar-refractivity contribution >= 4 is 17.7 Å². The van der Waals surface area contributed by atoms with Gasteiger partial charge in [-0.15, -0.1) is 0 Å². The van der Waals surface area contributed by atoms with Gasteiger partial charge in [0, 0.05) is 24.7 Å². The zero-order valence-corrected chi connectivity index (χ0v) is 13.3. The van der Waals surface area contributed by atoms with Gasteiger partial charge in [-0.25, -0.2) is 0 Å². The topological polar surface area (TPSA) is 87.2 Å². The maximum atomic E-state index is 12.3. The molecule has 1 saturated heterocycles. The first-order chi connectivity index (χ1) is 10.9. The lowest BCUT2D eigenvalue weighted by Gasteiger charge is -2.14. The Morgan fingerprint density at radius 1 is 1.39 bits per heavy atom. The summed E-state index contributed by atoms with van der Waals surface area (Å²) in [5.41, 5.74) is 1.15. The Bertz CT molecular complexity index is 696. The maximum absolute atomic E-state index is 12.3. The van der Waals surface area contributed by atoms with Gasteiger partial charge in [0.25, 0.3) is 11.6 Å². The van der Waals surface area contributed by atoms with E-state index in [2.05, 4.69) is 0 Å². The van der Waals surface area contributed by atoms with Gasteiger partial charge < -0.3 is 4.90 Å². The summed E-state index contributed by atoms with van der Waals surface area (Å²) < 4.78 is 0. The molecule has 0 unspecified atom stereocenters. The Labute approximate surface area is 135 Å². The SMILES string of the molecule is CC(C)c1ccc(/C=C(\C#N)C(=O)N2CCCC2)cc1[N+](=O)[O-]. The minimum Gasteiger partial charge on any atom is -0.338 e. The van der Waals surface area contributed by atoms with E-state index in [1.807, 2.05) is 19.9 Å². The summed E-state index contributed by atoms with van der Waals surface area (Å²) >= 11 is 0. The van der Waals surface area contributed by atoms with Crippen LogP contribution in [0.1, 0.15) is 43.7 Å². The predicted octanol–water partition coefficient (Wildman–Crippen LogP) is 3.25. The molecule has 1 amide bonds. The highest BCUT2D eigenvalue weighted by Gasteiger charge is 2.22. The van der Waals surface area contributed by atoms with Crippen LogP contribution in [0.5, 0.6) is 0 Å². The van der Waals surface area contributed by atoms with Crippen molar-refractivity contribution in [2.75, 3.05) is 13.1 Å². The molecular formula is C17H19N3O3. The summed E-state index contributed by atoms with van der Waals surface area (Å²) in [5.74, 6) is -0.282. The van der Waals surface area contributed by atoms with E-state index in [-0.39, 0.29) is 23.1 Å². The van der Waals surface area contributed by atoms with Crippen LogP contribution in [0.2, 0.25) is 0 Å². The van der Waals surface area contributed by atoms with Crippen LogP contribution in [0.15, 0.2) is 23.8 Å². The van der Waals surface area contributed by atoms with Gasteiger partial charge in [0.05, 0.1) is 4.92 Å². The van der Waals surface area contributed by atoms with Gasteiger partial charge >= 0.3 is 0 Å². The third kappa shape index (κ3) is 3.75. The molecule has 0 N–H and O–H groups in total. The molecular weight excluding hydrogens is 294 g/mol. The lowest BCUT2D eigenvalue weighted by atomic mass is 9.98. The van der Waals surface area contributed by atoms with E-state index in [4.69, 9.17) is 0 Å². The predicted molar refractivity (Wildman–Crippen MR) is 86.6 cm³/mol. The zero-order chi connectivity index (χ0) is 17.0. The fourth-order valence-corrected chi connectivity index (χ4v) is 2.70. The van der Waals surface area contributed by atoms with Crippen LogP contribution in [0.25, 0.3) is 6.08 Å². The number of carbonyl (C=O) groups excluding carboxylic acids is 1. The molecule has 0 saturated carbocycles.